The van der Waals surface area contributed by atoms with Gasteiger partial charge < -0.3 is 9.47 Å². The Kier molecular flexibility index (Phi) is 4.98. The normalized spacial score (nSPS) is 10.5. The molecule has 2 aromatic carbocycles. The summed E-state index contributed by atoms with van der Waals surface area (Å²) < 4.78 is 9.84. The van der Waals surface area contributed by atoms with Crippen molar-refractivity contribution >= 4 is 12.2 Å². The summed E-state index contributed by atoms with van der Waals surface area (Å²) in [4.78, 5) is 22.9. The second-order valence-electron chi connectivity index (χ2n) is 4.51. The fourth-order valence-electron chi connectivity index (χ4n) is 1.59. The number of nitrogens with zero attached hydrogens (tertiary/aromatic N) is 2. The molecule has 0 atom stereocenters. The van der Waals surface area contributed by atoms with Gasteiger partial charge in [-0.25, -0.2) is 9.59 Å². The lowest BCUT2D eigenvalue weighted by atomic mass is 10.2. The van der Waals surface area contributed by atoms with E-state index in [0.29, 0.717) is 11.5 Å². The monoisotopic (exact) mass is 298 g/mol. The molecule has 0 heterocycles. The number of carbonyl (C=O) groups excluding carboxylic acids is 2. The SMILES string of the molecule is Cc1ccc(OC(=O)/N=N/C(=O)Oc2ccccc2C)cc1. The smallest absolute Gasteiger partial charge is 0.408 e. The van der Waals surface area contributed by atoms with Gasteiger partial charge in [-0.05, 0) is 37.6 Å². The molecule has 0 fully saturated rings. The van der Waals surface area contributed by atoms with Gasteiger partial charge in [-0.3, -0.25) is 0 Å². The molecule has 0 aliphatic carbocycles. The topological polar surface area (TPSA) is 77.3 Å². The van der Waals surface area contributed by atoms with Gasteiger partial charge in [0.15, 0.2) is 0 Å². The molecule has 0 spiro atoms. The van der Waals surface area contributed by atoms with Gasteiger partial charge in [-0.15, -0.1) is 0 Å². The Morgan fingerprint density at radius 2 is 1.41 bits per heavy atom. The lowest BCUT2D eigenvalue weighted by Gasteiger charge is -2.03. The van der Waals surface area contributed by atoms with Gasteiger partial charge in [0.25, 0.3) is 0 Å². The Labute approximate surface area is 127 Å². The maximum Gasteiger partial charge on any atom is 0.458 e. The van der Waals surface area contributed by atoms with Crippen LogP contribution in [0.5, 0.6) is 11.5 Å². The van der Waals surface area contributed by atoms with Crippen LogP contribution in [0.25, 0.3) is 0 Å². The molecule has 0 radical (unpaired) electrons. The molecule has 112 valence electrons. The second-order valence-corrected chi connectivity index (χ2v) is 4.51. The summed E-state index contributed by atoms with van der Waals surface area (Å²) in [5, 5.41) is 6.32. The maximum atomic E-state index is 11.5. The average Bonchev–Trinajstić information content (AvgIpc) is 2.50. The highest BCUT2D eigenvalue weighted by molar-refractivity contribution is 5.76. The number of rotatable bonds is 2. The fraction of sp³-hybridized carbons (Fsp3) is 0.125. The minimum atomic E-state index is -0.995. The number of para-hydroxylation sites is 1. The first-order valence-electron chi connectivity index (χ1n) is 6.52. The molecule has 2 aromatic rings. The van der Waals surface area contributed by atoms with E-state index in [1.54, 1.807) is 49.4 Å². The Morgan fingerprint density at radius 1 is 0.818 bits per heavy atom. The van der Waals surface area contributed by atoms with Crippen molar-refractivity contribution in [2.45, 2.75) is 13.8 Å². The molecule has 0 aliphatic rings. The predicted octanol–water partition coefficient (Wildman–Crippen LogP) is 4.45. The van der Waals surface area contributed by atoms with E-state index in [0.717, 1.165) is 11.1 Å². The van der Waals surface area contributed by atoms with E-state index in [1.807, 2.05) is 13.0 Å². The van der Waals surface area contributed by atoms with Crippen molar-refractivity contribution in [2.75, 3.05) is 0 Å². The van der Waals surface area contributed by atoms with Crippen molar-refractivity contribution < 1.29 is 19.1 Å². The van der Waals surface area contributed by atoms with Crippen molar-refractivity contribution in [1.82, 2.24) is 0 Å². The van der Waals surface area contributed by atoms with Gasteiger partial charge >= 0.3 is 12.2 Å². The Balaban J connectivity index is 1.90. The summed E-state index contributed by atoms with van der Waals surface area (Å²) in [7, 11) is 0. The predicted molar refractivity (Wildman–Crippen MR) is 79.3 cm³/mol. The maximum absolute atomic E-state index is 11.5. The molecule has 2 rings (SSSR count). The summed E-state index contributed by atoms with van der Waals surface area (Å²) in [5.74, 6) is 0.681. The van der Waals surface area contributed by atoms with Crippen LogP contribution >= 0.6 is 0 Å². The van der Waals surface area contributed by atoms with E-state index in [9.17, 15) is 9.59 Å². The van der Waals surface area contributed by atoms with Crippen molar-refractivity contribution in [3.05, 3.63) is 59.7 Å². The number of benzene rings is 2. The van der Waals surface area contributed by atoms with Crippen LogP contribution in [-0.4, -0.2) is 12.2 Å². The van der Waals surface area contributed by atoms with E-state index in [2.05, 4.69) is 10.2 Å². The first-order valence-corrected chi connectivity index (χ1v) is 6.52. The highest BCUT2D eigenvalue weighted by atomic mass is 16.6. The average molecular weight is 298 g/mol. The molecule has 0 bridgehead atoms. The minimum Gasteiger partial charge on any atom is -0.408 e. The third-order valence-electron chi connectivity index (χ3n) is 2.73. The molecule has 22 heavy (non-hydrogen) atoms. The van der Waals surface area contributed by atoms with E-state index in [1.165, 1.54) is 0 Å². The van der Waals surface area contributed by atoms with Crippen molar-refractivity contribution in [2.24, 2.45) is 10.2 Å². The molecular weight excluding hydrogens is 284 g/mol. The minimum absolute atomic E-state index is 0.321. The molecule has 0 unspecified atom stereocenters. The summed E-state index contributed by atoms with van der Waals surface area (Å²) >= 11 is 0. The van der Waals surface area contributed by atoms with Crippen LogP contribution < -0.4 is 9.47 Å². The van der Waals surface area contributed by atoms with Crippen molar-refractivity contribution in [3.63, 3.8) is 0 Å². The lowest BCUT2D eigenvalue weighted by Crippen LogP contribution is -2.06. The standard InChI is InChI=1S/C16H14N2O4/c1-11-7-9-13(10-8-11)21-15(19)17-18-16(20)22-14-6-4-3-5-12(14)2/h3-10H,1-2H3/b18-17+. The van der Waals surface area contributed by atoms with Gasteiger partial charge in [-0.1, -0.05) is 46.1 Å². The highest BCUT2D eigenvalue weighted by Gasteiger charge is 2.08. The van der Waals surface area contributed by atoms with Crippen LogP contribution in [0.2, 0.25) is 0 Å². The Bertz CT molecular complexity index is 708. The molecule has 0 aromatic heterocycles. The van der Waals surface area contributed by atoms with Crippen LogP contribution in [0.1, 0.15) is 11.1 Å². The fourth-order valence-corrected chi connectivity index (χ4v) is 1.59. The number of hydrogen-bond donors (Lipinski definition) is 0. The molecule has 6 heteroatoms. The molecule has 0 saturated carbocycles. The molecule has 2 amide bonds. The molecule has 0 aliphatic heterocycles. The third-order valence-corrected chi connectivity index (χ3v) is 2.73. The van der Waals surface area contributed by atoms with Gasteiger partial charge in [0.2, 0.25) is 0 Å². The number of ether oxygens (including phenoxy) is 2. The van der Waals surface area contributed by atoms with Gasteiger partial charge in [0.1, 0.15) is 11.5 Å². The molecular formula is C16H14N2O4. The van der Waals surface area contributed by atoms with Crippen LogP contribution in [-0.2, 0) is 0 Å². The van der Waals surface area contributed by atoms with Crippen LogP contribution in [0.3, 0.4) is 0 Å². The summed E-state index contributed by atoms with van der Waals surface area (Å²) in [5.41, 5.74) is 1.80. The van der Waals surface area contributed by atoms with Crippen molar-refractivity contribution in [3.8, 4) is 11.5 Å². The quantitative estimate of drug-likeness (QED) is 0.767. The number of carbonyl (C=O) groups is 2. The molecule has 0 N–H and O–H groups in total. The second kappa shape index (κ2) is 7.12. The first kappa shape index (κ1) is 15.4. The van der Waals surface area contributed by atoms with Crippen LogP contribution in [0.4, 0.5) is 9.59 Å². The van der Waals surface area contributed by atoms with Gasteiger partial charge in [0.05, 0.1) is 0 Å². The van der Waals surface area contributed by atoms with Crippen LogP contribution in [0.15, 0.2) is 58.8 Å². The first-order chi connectivity index (χ1) is 10.5. The highest BCUT2D eigenvalue weighted by Crippen LogP contribution is 2.17. The lowest BCUT2D eigenvalue weighted by molar-refractivity contribution is 0.200. The van der Waals surface area contributed by atoms with Gasteiger partial charge in [0, 0.05) is 0 Å². The van der Waals surface area contributed by atoms with Crippen LogP contribution in [0, 0.1) is 13.8 Å². The number of amides is 2. The summed E-state index contributed by atoms with van der Waals surface area (Å²) in [6, 6.07) is 13.7. The Hall–Kier alpha value is -3.02. The zero-order valence-electron chi connectivity index (χ0n) is 12.1. The zero-order valence-corrected chi connectivity index (χ0v) is 12.1. The van der Waals surface area contributed by atoms with E-state index in [-0.39, 0.29) is 0 Å². The summed E-state index contributed by atoms with van der Waals surface area (Å²) in [6.45, 7) is 3.69. The van der Waals surface area contributed by atoms with Gasteiger partial charge in [-0.2, -0.15) is 0 Å². The number of azo groups is 1. The number of aryl methyl sites for hydroxylation is 2. The third kappa shape index (κ3) is 4.52. The zero-order chi connectivity index (χ0) is 15.9. The molecule has 0 saturated heterocycles. The van der Waals surface area contributed by atoms with Crippen molar-refractivity contribution in [1.29, 1.82) is 0 Å². The number of hydrogen-bond acceptors (Lipinski definition) is 4. The Morgan fingerprint density at radius 3 is 2.05 bits per heavy atom. The molecule has 6 nitrogen and oxygen atoms in total. The largest absolute Gasteiger partial charge is 0.458 e. The van der Waals surface area contributed by atoms with E-state index in [4.69, 9.17) is 9.47 Å². The summed E-state index contributed by atoms with van der Waals surface area (Å²) in [6.07, 6.45) is -1.99. The van der Waals surface area contributed by atoms with E-state index < -0.39 is 12.2 Å². The van der Waals surface area contributed by atoms with E-state index >= 15 is 0 Å².